The van der Waals surface area contributed by atoms with Gasteiger partial charge in [0, 0.05) is 12.6 Å². The molecule has 0 radical (unpaired) electrons. The molecule has 0 aliphatic carbocycles. The van der Waals surface area contributed by atoms with E-state index in [2.05, 4.69) is 6.92 Å². The molecule has 1 atom stereocenters. The Morgan fingerprint density at radius 3 is 3.00 bits per heavy atom. The zero-order chi connectivity index (χ0) is 13.1. The molecule has 0 saturated carbocycles. The van der Waals surface area contributed by atoms with E-state index in [4.69, 9.17) is 17.3 Å². The highest BCUT2D eigenvalue weighted by atomic mass is 35.5. The number of carbonyl (C=O) groups is 1. The van der Waals surface area contributed by atoms with Crippen LogP contribution in [0.1, 0.15) is 43.0 Å². The molecule has 2 rings (SSSR count). The third-order valence-corrected chi connectivity index (χ3v) is 3.97. The van der Waals surface area contributed by atoms with Crippen molar-refractivity contribution in [3.63, 3.8) is 0 Å². The lowest BCUT2D eigenvalue weighted by molar-refractivity contribution is 0.0609. The maximum absolute atomic E-state index is 12.5. The zero-order valence-corrected chi connectivity index (χ0v) is 11.4. The Morgan fingerprint density at radius 1 is 1.50 bits per heavy atom. The van der Waals surface area contributed by atoms with Crippen LogP contribution in [-0.2, 0) is 0 Å². The van der Waals surface area contributed by atoms with E-state index < -0.39 is 0 Å². The summed E-state index contributed by atoms with van der Waals surface area (Å²) in [6.07, 6.45) is 4.35. The standard InChI is InChI=1S/C14H19ClN2O/c1-2-10-6-3-4-9-17(10)14(18)11-7-5-8-12(15)13(11)16/h5,7-8,10H,2-4,6,9,16H2,1H3. The molecular formula is C14H19ClN2O. The molecule has 1 fully saturated rings. The predicted molar refractivity (Wildman–Crippen MR) is 74.8 cm³/mol. The number of carbonyl (C=O) groups excluding carboxylic acids is 1. The van der Waals surface area contributed by atoms with Crippen molar-refractivity contribution in [1.82, 2.24) is 4.90 Å². The molecule has 18 heavy (non-hydrogen) atoms. The van der Waals surface area contributed by atoms with Crippen molar-refractivity contribution in [3.05, 3.63) is 28.8 Å². The van der Waals surface area contributed by atoms with Gasteiger partial charge in [-0.25, -0.2) is 0 Å². The van der Waals surface area contributed by atoms with Crippen molar-refractivity contribution in [1.29, 1.82) is 0 Å². The van der Waals surface area contributed by atoms with Crippen LogP contribution < -0.4 is 5.73 Å². The molecule has 1 unspecified atom stereocenters. The smallest absolute Gasteiger partial charge is 0.256 e. The van der Waals surface area contributed by atoms with Crippen LogP contribution in [0.3, 0.4) is 0 Å². The number of nitrogens with zero attached hydrogens (tertiary/aromatic N) is 1. The van der Waals surface area contributed by atoms with Crippen molar-refractivity contribution in [2.24, 2.45) is 0 Å². The Bertz CT molecular complexity index is 447. The molecule has 1 aromatic carbocycles. The normalized spacial score (nSPS) is 19.9. The summed E-state index contributed by atoms with van der Waals surface area (Å²) in [6, 6.07) is 5.58. The van der Waals surface area contributed by atoms with Gasteiger partial charge >= 0.3 is 0 Å². The highest BCUT2D eigenvalue weighted by Gasteiger charge is 2.27. The molecule has 0 spiro atoms. The van der Waals surface area contributed by atoms with Gasteiger partial charge in [-0.3, -0.25) is 4.79 Å². The van der Waals surface area contributed by atoms with Crippen molar-refractivity contribution in [2.75, 3.05) is 12.3 Å². The van der Waals surface area contributed by atoms with E-state index >= 15 is 0 Å². The van der Waals surface area contributed by atoms with Gasteiger partial charge in [-0.1, -0.05) is 24.6 Å². The number of hydrogen-bond donors (Lipinski definition) is 1. The lowest BCUT2D eigenvalue weighted by Crippen LogP contribution is -2.43. The lowest BCUT2D eigenvalue weighted by atomic mass is 9.98. The number of likely N-dealkylation sites (tertiary alicyclic amines) is 1. The number of amides is 1. The van der Waals surface area contributed by atoms with Gasteiger partial charge < -0.3 is 10.6 Å². The predicted octanol–water partition coefficient (Wildman–Crippen LogP) is 3.33. The molecule has 1 heterocycles. The van der Waals surface area contributed by atoms with Gasteiger partial charge in [0.15, 0.2) is 0 Å². The minimum atomic E-state index is 0.0153. The second kappa shape index (κ2) is 5.61. The molecule has 0 aromatic heterocycles. The van der Waals surface area contributed by atoms with E-state index in [1.54, 1.807) is 18.2 Å². The molecule has 4 heteroatoms. The number of anilines is 1. The summed E-state index contributed by atoms with van der Waals surface area (Å²) in [4.78, 5) is 14.5. The van der Waals surface area contributed by atoms with E-state index in [1.807, 2.05) is 4.90 Å². The topological polar surface area (TPSA) is 46.3 Å². The highest BCUT2D eigenvalue weighted by Crippen LogP contribution is 2.27. The van der Waals surface area contributed by atoms with Gasteiger partial charge in [0.05, 0.1) is 16.3 Å². The Kier molecular flexibility index (Phi) is 4.12. The van der Waals surface area contributed by atoms with Gasteiger partial charge in [0.2, 0.25) is 0 Å². The van der Waals surface area contributed by atoms with Crippen molar-refractivity contribution in [3.8, 4) is 0 Å². The highest BCUT2D eigenvalue weighted by molar-refractivity contribution is 6.33. The van der Waals surface area contributed by atoms with Gasteiger partial charge in [-0.15, -0.1) is 0 Å². The molecule has 3 nitrogen and oxygen atoms in total. The number of nitrogen functional groups attached to an aromatic ring is 1. The fourth-order valence-electron chi connectivity index (χ4n) is 2.57. The fraction of sp³-hybridized carbons (Fsp3) is 0.500. The second-order valence-electron chi connectivity index (χ2n) is 4.76. The number of nitrogens with two attached hydrogens (primary N) is 1. The van der Waals surface area contributed by atoms with Crippen LogP contribution in [0, 0.1) is 0 Å². The first-order valence-corrected chi connectivity index (χ1v) is 6.88. The first-order valence-electron chi connectivity index (χ1n) is 6.50. The largest absolute Gasteiger partial charge is 0.397 e. The van der Waals surface area contributed by atoms with Crippen LogP contribution in [0.4, 0.5) is 5.69 Å². The Labute approximate surface area is 113 Å². The average molecular weight is 267 g/mol. The van der Waals surface area contributed by atoms with E-state index in [0.29, 0.717) is 22.3 Å². The monoisotopic (exact) mass is 266 g/mol. The minimum absolute atomic E-state index is 0.0153. The number of rotatable bonds is 2. The average Bonchev–Trinajstić information content (AvgIpc) is 2.41. The van der Waals surface area contributed by atoms with Crippen LogP contribution in [0.25, 0.3) is 0 Å². The van der Waals surface area contributed by atoms with Crippen LogP contribution >= 0.6 is 11.6 Å². The fourth-order valence-corrected chi connectivity index (χ4v) is 2.75. The summed E-state index contributed by atoms with van der Waals surface area (Å²) in [5, 5.41) is 0.450. The maximum atomic E-state index is 12.5. The van der Waals surface area contributed by atoms with Crippen molar-refractivity contribution < 1.29 is 4.79 Å². The third kappa shape index (κ3) is 2.46. The summed E-state index contributed by atoms with van der Waals surface area (Å²) < 4.78 is 0. The Balaban J connectivity index is 2.27. The molecule has 0 bridgehead atoms. The number of piperidine rings is 1. The van der Waals surface area contributed by atoms with E-state index in [0.717, 1.165) is 25.8 Å². The van der Waals surface area contributed by atoms with E-state index in [-0.39, 0.29) is 5.91 Å². The number of halogens is 1. The second-order valence-corrected chi connectivity index (χ2v) is 5.16. The van der Waals surface area contributed by atoms with Gasteiger partial charge in [-0.2, -0.15) is 0 Å². The van der Waals surface area contributed by atoms with Gasteiger partial charge in [0.25, 0.3) is 5.91 Å². The summed E-state index contributed by atoms with van der Waals surface area (Å²) in [5.74, 6) is 0.0153. The molecule has 1 saturated heterocycles. The first kappa shape index (κ1) is 13.2. The molecule has 2 N–H and O–H groups in total. The van der Waals surface area contributed by atoms with E-state index in [1.165, 1.54) is 6.42 Å². The zero-order valence-electron chi connectivity index (χ0n) is 10.7. The molecule has 1 aliphatic rings. The lowest BCUT2D eigenvalue weighted by Gasteiger charge is -2.35. The van der Waals surface area contributed by atoms with Crippen LogP contribution in [0.2, 0.25) is 5.02 Å². The molecule has 1 amide bonds. The summed E-state index contributed by atoms with van der Waals surface area (Å²) in [7, 11) is 0. The van der Waals surface area contributed by atoms with Crippen LogP contribution in [0.15, 0.2) is 18.2 Å². The Morgan fingerprint density at radius 2 is 2.28 bits per heavy atom. The van der Waals surface area contributed by atoms with Crippen LogP contribution in [0.5, 0.6) is 0 Å². The quantitative estimate of drug-likeness (QED) is 0.835. The molecule has 1 aliphatic heterocycles. The number of benzene rings is 1. The number of para-hydroxylation sites is 1. The van der Waals surface area contributed by atoms with Gasteiger partial charge in [-0.05, 0) is 37.8 Å². The Hall–Kier alpha value is -1.22. The SMILES string of the molecule is CCC1CCCCN1C(=O)c1cccc(Cl)c1N. The molecule has 98 valence electrons. The minimum Gasteiger partial charge on any atom is -0.397 e. The van der Waals surface area contributed by atoms with Gasteiger partial charge in [0.1, 0.15) is 0 Å². The molecular weight excluding hydrogens is 248 g/mol. The maximum Gasteiger partial charge on any atom is 0.256 e. The summed E-state index contributed by atoms with van der Waals surface area (Å²) >= 11 is 5.97. The van der Waals surface area contributed by atoms with E-state index in [9.17, 15) is 4.79 Å². The van der Waals surface area contributed by atoms with Crippen molar-refractivity contribution >= 4 is 23.2 Å². The third-order valence-electron chi connectivity index (χ3n) is 3.64. The number of hydrogen-bond acceptors (Lipinski definition) is 2. The summed E-state index contributed by atoms with van der Waals surface area (Å²) in [5.41, 5.74) is 6.82. The summed E-state index contributed by atoms with van der Waals surface area (Å²) in [6.45, 7) is 2.95. The van der Waals surface area contributed by atoms with Crippen LogP contribution in [-0.4, -0.2) is 23.4 Å². The van der Waals surface area contributed by atoms with Crippen molar-refractivity contribution in [2.45, 2.75) is 38.6 Å². The molecule has 1 aromatic rings. The first-order chi connectivity index (χ1) is 8.65.